The highest BCUT2D eigenvalue weighted by atomic mass is 16.7. The van der Waals surface area contributed by atoms with Crippen molar-refractivity contribution in [2.75, 3.05) is 6.79 Å². The number of nitrogens with one attached hydrogen (secondary N) is 1. The third kappa shape index (κ3) is 3.69. The lowest BCUT2D eigenvalue weighted by molar-refractivity contribution is -0.121. The second kappa shape index (κ2) is 7.72. The summed E-state index contributed by atoms with van der Waals surface area (Å²) in [6.07, 6.45) is 4.56. The molecule has 0 saturated carbocycles. The van der Waals surface area contributed by atoms with Gasteiger partial charge in [-0.2, -0.15) is 5.10 Å². The fourth-order valence-electron chi connectivity index (χ4n) is 3.30. The molecule has 0 fully saturated rings. The molecule has 3 aromatic rings. The summed E-state index contributed by atoms with van der Waals surface area (Å²) in [5.74, 6) is 2.24. The van der Waals surface area contributed by atoms with Crippen molar-refractivity contribution >= 4 is 5.91 Å². The summed E-state index contributed by atoms with van der Waals surface area (Å²) in [5.41, 5.74) is 2.98. The summed E-state index contributed by atoms with van der Waals surface area (Å²) in [5, 5.41) is 7.47. The predicted molar refractivity (Wildman–Crippen MR) is 104 cm³/mol. The molecule has 7 heteroatoms. The Bertz CT molecular complexity index is 985. The van der Waals surface area contributed by atoms with Crippen molar-refractivity contribution in [1.82, 2.24) is 20.1 Å². The number of amides is 1. The predicted octanol–water partition coefficient (Wildman–Crippen LogP) is 3.11. The maximum absolute atomic E-state index is 12.4. The molecule has 1 N–H and O–H groups in total. The summed E-state index contributed by atoms with van der Waals surface area (Å²) < 4.78 is 12.5. The third-order valence-electron chi connectivity index (χ3n) is 4.84. The molecule has 7 nitrogen and oxygen atoms in total. The van der Waals surface area contributed by atoms with E-state index in [1.165, 1.54) is 0 Å². The van der Waals surface area contributed by atoms with Crippen molar-refractivity contribution in [1.29, 1.82) is 0 Å². The summed E-state index contributed by atoms with van der Waals surface area (Å²) in [7, 11) is 0. The van der Waals surface area contributed by atoms with E-state index in [0.717, 1.165) is 34.1 Å². The molecule has 0 bridgehead atoms. The number of nitrogens with zero attached hydrogens (tertiary/aromatic N) is 3. The van der Waals surface area contributed by atoms with E-state index < -0.39 is 0 Å². The second-order valence-electron chi connectivity index (χ2n) is 6.76. The van der Waals surface area contributed by atoms with E-state index in [9.17, 15) is 4.79 Å². The Kier molecular flexibility index (Phi) is 4.97. The van der Waals surface area contributed by atoms with E-state index in [-0.39, 0.29) is 18.7 Å². The van der Waals surface area contributed by atoms with E-state index in [4.69, 9.17) is 9.47 Å². The van der Waals surface area contributed by atoms with Crippen molar-refractivity contribution in [2.45, 2.75) is 32.7 Å². The fourth-order valence-corrected chi connectivity index (χ4v) is 3.30. The highest BCUT2D eigenvalue weighted by Crippen LogP contribution is 2.32. The van der Waals surface area contributed by atoms with Crippen LogP contribution < -0.4 is 14.8 Å². The summed E-state index contributed by atoms with van der Waals surface area (Å²) in [6.45, 7) is 4.19. The highest BCUT2D eigenvalue weighted by molar-refractivity contribution is 5.76. The number of pyridine rings is 1. The minimum Gasteiger partial charge on any atom is -0.454 e. The topological polar surface area (TPSA) is 78.3 Å². The summed E-state index contributed by atoms with van der Waals surface area (Å²) in [4.78, 5) is 16.7. The molecule has 1 aliphatic heterocycles. The number of hydrogen-bond acceptors (Lipinski definition) is 5. The smallest absolute Gasteiger partial charge is 0.231 e. The van der Waals surface area contributed by atoms with Gasteiger partial charge < -0.3 is 14.8 Å². The van der Waals surface area contributed by atoms with Gasteiger partial charge in [0.2, 0.25) is 12.7 Å². The number of hydrogen-bond donors (Lipinski definition) is 1. The zero-order valence-corrected chi connectivity index (χ0v) is 15.9. The molecule has 28 heavy (non-hydrogen) atoms. The molecule has 3 heterocycles. The fraction of sp³-hybridized carbons (Fsp3) is 0.286. The van der Waals surface area contributed by atoms with Crippen LogP contribution in [-0.4, -0.2) is 27.5 Å². The van der Waals surface area contributed by atoms with Crippen molar-refractivity contribution in [3.05, 3.63) is 65.6 Å². The monoisotopic (exact) mass is 378 g/mol. The molecule has 0 radical (unpaired) electrons. The molecular formula is C21H22N4O3. The van der Waals surface area contributed by atoms with Gasteiger partial charge >= 0.3 is 0 Å². The Hall–Kier alpha value is -3.35. The van der Waals surface area contributed by atoms with Crippen LogP contribution in [0, 0.1) is 6.92 Å². The van der Waals surface area contributed by atoms with E-state index >= 15 is 0 Å². The molecule has 1 unspecified atom stereocenters. The standard InChI is InChI=1S/C21H22N4O3/c1-14(17-12-23-25(15(17)2)20-5-3-4-10-22-20)24-21(26)9-7-16-6-8-18-19(11-16)28-13-27-18/h3-6,8,10-12,14H,7,9,13H2,1-2H3,(H,24,26). The van der Waals surface area contributed by atoms with Gasteiger partial charge in [-0.1, -0.05) is 12.1 Å². The SMILES string of the molecule is Cc1c(C(C)NC(=O)CCc2ccc3c(c2)OCO3)cnn1-c1ccccn1. The number of rotatable bonds is 6. The van der Waals surface area contributed by atoms with Gasteiger partial charge in [0.25, 0.3) is 0 Å². The lowest BCUT2D eigenvalue weighted by atomic mass is 10.1. The van der Waals surface area contributed by atoms with Crippen molar-refractivity contribution in [3.63, 3.8) is 0 Å². The van der Waals surface area contributed by atoms with Gasteiger partial charge in [0, 0.05) is 23.9 Å². The van der Waals surface area contributed by atoms with Gasteiger partial charge in [-0.15, -0.1) is 0 Å². The molecular weight excluding hydrogens is 356 g/mol. The van der Waals surface area contributed by atoms with Gasteiger partial charge in [-0.05, 0) is 50.1 Å². The third-order valence-corrected chi connectivity index (χ3v) is 4.84. The molecule has 0 saturated heterocycles. The second-order valence-corrected chi connectivity index (χ2v) is 6.76. The van der Waals surface area contributed by atoms with Gasteiger partial charge in [-0.3, -0.25) is 4.79 Å². The largest absolute Gasteiger partial charge is 0.454 e. The maximum atomic E-state index is 12.4. The van der Waals surface area contributed by atoms with Gasteiger partial charge in [0.15, 0.2) is 17.3 Å². The molecule has 1 aromatic carbocycles. The number of aryl methyl sites for hydroxylation is 1. The van der Waals surface area contributed by atoms with E-state index in [0.29, 0.717) is 12.8 Å². The number of ether oxygens (including phenoxy) is 2. The summed E-state index contributed by atoms with van der Waals surface area (Å²) in [6, 6.07) is 11.3. The molecule has 144 valence electrons. The van der Waals surface area contributed by atoms with Crippen LogP contribution >= 0.6 is 0 Å². The Balaban J connectivity index is 1.36. The van der Waals surface area contributed by atoms with Crippen LogP contribution in [0.4, 0.5) is 0 Å². The number of aromatic nitrogens is 3. The first kappa shape index (κ1) is 18.0. The molecule has 0 aliphatic carbocycles. The Morgan fingerprint density at radius 1 is 1.25 bits per heavy atom. The minimum absolute atomic E-state index is 0.00449. The summed E-state index contributed by atoms with van der Waals surface area (Å²) >= 11 is 0. The normalized spacial score (nSPS) is 13.4. The number of benzene rings is 1. The lowest BCUT2D eigenvalue weighted by Gasteiger charge is -2.14. The van der Waals surface area contributed by atoms with Gasteiger partial charge in [0.05, 0.1) is 12.2 Å². The van der Waals surface area contributed by atoms with E-state index in [2.05, 4.69) is 15.4 Å². The van der Waals surface area contributed by atoms with Crippen molar-refractivity contribution < 1.29 is 14.3 Å². The number of carbonyl (C=O) groups is 1. The molecule has 1 aliphatic rings. The zero-order valence-electron chi connectivity index (χ0n) is 15.9. The first-order valence-electron chi connectivity index (χ1n) is 9.25. The van der Waals surface area contributed by atoms with Gasteiger partial charge in [-0.25, -0.2) is 9.67 Å². The van der Waals surface area contributed by atoms with Crippen LogP contribution in [0.2, 0.25) is 0 Å². The van der Waals surface area contributed by atoms with Gasteiger partial charge in [0.1, 0.15) is 0 Å². The highest BCUT2D eigenvalue weighted by Gasteiger charge is 2.17. The van der Waals surface area contributed by atoms with Crippen molar-refractivity contribution in [3.8, 4) is 17.3 Å². The average Bonchev–Trinajstić information content (AvgIpc) is 3.33. The molecule has 0 spiro atoms. The lowest BCUT2D eigenvalue weighted by Crippen LogP contribution is -2.27. The van der Waals surface area contributed by atoms with Crippen LogP contribution in [-0.2, 0) is 11.2 Å². The maximum Gasteiger partial charge on any atom is 0.231 e. The van der Waals surface area contributed by atoms with Crippen LogP contribution in [0.3, 0.4) is 0 Å². The molecule has 1 amide bonds. The quantitative estimate of drug-likeness (QED) is 0.713. The first-order chi connectivity index (χ1) is 13.6. The number of carbonyl (C=O) groups excluding carboxylic acids is 1. The number of fused-ring (bicyclic) bond motifs is 1. The Labute approximate surface area is 163 Å². The molecule has 2 aromatic heterocycles. The molecule has 1 atom stereocenters. The first-order valence-corrected chi connectivity index (χ1v) is 9.25. The Morgan fingerprint density at radius 2 is 2.11 bits per heavy atom. The zero-order chi connectivity index (χ0) is 19.5. The van der Waals surface area contributed by atoms with Crippen LogP contribution in [0.1, 0.15) is 36.2 Å². The Morgan fingerprint density at radius 3 is 2.93 bits per heavy atom. The van der Waals surface area contributed by atoms with Crippen LogP contribution in [0.15, 0.2) is 48.8 Å². The molecule has 4 rings (SSSR count). The minimum atomic E-state index is -0.137. The average molecular weight is 378 g/mol. The van der Waals surface area contributed by atoms with Crippen molar-refractivity contribution in [2.24, 2.45) is 0 Å². The van der Waals surface area contributed by atoms with Crippen LogP contribution in [0.5, 0.6) is 11.5 Å². The van der Waals surface area contributed by atoms with E-state index in [1.807, 2.05) is 50.2 Å². The van der Waals surface area contributed by atoms with E-state index in [1.54, 1.807) is 17.1 Å². The van der Waals surface area contributed by atoms with Crippen LogP contribution in [0.25, 0.3) is 5.82 Å².